The van der Waals surface area contributed by atoms with Crippen LogP contribution >= 0.6 is 21.6 Å². The number of unbranched alkanes of at least 4 members (excludes halogenated alkanes) is 4. The van der Waals surface area contributed by atoms with E-state index in [9.17, 15) is 9.59 Å². The highest BCUT2D eigenvalue weighted by Crippen LogP contribution is 2.35. The van der Waals surface area contributed by atoms with Gasteiger partial charge in [-0.15, -0.1) is 0 Å². The monoisotopic (exact) mass is 445 g/mol. The van der Waals surface area contributed by atoms with Crippen molar-refractivity contribution in [2.45, 2.75) is 61.6 Å². The van der Waals surface area contributed by atoms with E-state index in [2.05, 4.69) is 4.98 Å². The van der Waals surface area contributed by atoms with Crippen molar-refractivity contribution in [3.8, 4) is 0 Å². The first kappa shape index (κ1) is 25.7. The highest BCUT2D eigenvalue weighted by atomic mass is 33.1. The Morgan fingerprint density at radius 2 is 1.66 bits per heavy atom. The Bertz CT molecular complexity index is 561. The van der Waals surface area contributed by atoms with Crippen molar-refractivity contribution in [2.75, 3.05) is 26.4 Å². The van der Waals surface area contributed by atoms with Crippen LogP contribution in [0.2, 0.25) is 0 Å². The Morgan fingerprint density at radius 3 is 2.28 bits per heavy atom. The van der Waals surface area contributed by atoms with E-state index in [1.54, 1.807) is 6.20 Å². The molecule has 1 aromatic heterocycles. The summed E-state index contributed by atoms with van der Waals surface area (Å²) >= 11 is 0. The predicted octanol–water partition coefficient (Wildman–Crippen LogP) is 3.38. The van der Waals surface area contributed by atoms with E-state index in [1.807, 2.05) is 18.2 Å². The summed E-state index contributed by atoms with van der Waals surface area (Å²) in [7, 11) is 2.71. The molecule has 0 fully saturated rings. The average Bonchev–Trinajstić information content (AvgIpc) is 2.74. The average molecular weight is 446 g/mol. The second-order valence-corrected chi connectivity index (χ2v) is 8.76. The molecule has 2 N–H and O–H groups in total. The molecule has 0 spiro atoms. The number of nitrogens with zero attached hydrogens (tertiary/aromatic N) is 1. The van der Waals surface area contributed by atoms with Crippen molar-refractivity contribution >= 4 is 33.5 Å². The lowest BCUT2D eigenvalue weighted by atomic mass is 10.2. The van der Waals surface area contributed by atoms with Gasteiger partial charge < -0.3 is 19.7 Å². The fraction of sp³-hybridized carbons (Fsp3) is 0.650. The molecule has 0 saturated carbocycles. The third-order valence-electron chi connectivity index (χ3n) is 3.87. The van der Waals surface area contributed by atoms with Crippen LogP contribution in [0.3, 0.4) is 0 Å². The number of hydrogen-bond acceptors (Lipinski definition) is 9. The molecule has 1 atom stereocenters. The molecule has 0 aromatic carbocycles. The fourth-order valence-corrected chi connectivity index (χ4v) is 4.54. The highest BCUT2D eigenvalue weighted by Gasteiger charge is 2.23. The summed E-state index contributed by atoms with van der Waals surface area (Å²) in [5, 5.41) is 17.8. The molecular weight excluding hydrogens is 414 g/mol. The number of carbonyl (C=O) groups excluding carboxylic acids is 2. The minimum absolute atomic E-state index is 0.134. The first-order valence-corrected chi connectivity index (χ1v) is 12.2. The molecule has 164 valence electrons. The Balaban J connectivity index is 2.42. The molecule has 0 bridgehead atoms. The maximum atomic E-state index is 12.4. The molecule has 0 amide bonds. The van der Waals surface area contributed by atoms with Gasteiger partial charge in [0.25, 0.3) is 0 Å². The van der Waals surface area contributed by atoms with Crippen LogP contribution in [0.5, 0.6) is 0 Å². The second-order valence-electron chi connectivity index (χ2n) is 6.33. The largest absolute Gasteiger partial charge is 0.466 e. The van der Waals surface area contributed by atoms with Crippen molar-refractivity contribution in [3.05, 3.63) is 24.4 Å². The van der Waals surface area contributed by atoms with Gasteiger partial charge in [0.2, 0.25) is 0 Å². The molecular formula is C20H31NO6S2. The molecule has 9 heteroatoms. The zero-order valence-corrected chi connectivity index (χ0v) is 18.3. The van der Waals surface area contributed by atoms with Crippen LogP contribution in [0.1, 0.15) is 51.4 Å². The van der Waals surface area contributed by atoms with Crippen LogP contribution in [-0.4, -0.2) is 58.8 Å². The minimum atomic E-state index is -0.498. The van der Waals surface area contributed by atoms with Gasteiger partial charge in [-0.1, -0.05) is 16.9 Å². The number of hydrogen-bond donors (Lipinski definition) is 2. The molecule has 1 unspecified atom stereocenters. The van der Waals surface area contributed by atoms with Crippen LogP contribution in [0.4, 0.5) is 0 Å². The number of aliphatic hydroxyl groups excluding tert-OH is 2. The normalized spacial score (nSPS) is 11.8. The van der Waals surface area contributed by atoms with Gasteiger partial charge in [-0.05, 0) is 67.9 Å². The number of pyridine rings is 1. The van der Waals surface area contributed by atoms with E-state index >= 15 is 0 Å². The van der Waals surface area contributed by atoms with Crippen LogP contribution < -0.4 is 0 Å². The van der Waals surface area contributed by atoms with Gasteiger partial charge in [0, 0.05) is 25.8 Å². The Kier molecular flexibility index (Phi) is 15.6. The van der Waals surface area contributed by atoms with Crippen molar-refractivity contribution in [1.29, 1.82) is 0 Å². The third kappa shape index (κ3) is 13.5. The van der Waals surface area contributed by atoms with Crippen LogP contribution in [-0.2, 0) is 19.1 Å². The summed E-state index contributed by atoms with van der Waals surface area (Å²) in [6.07, 6.45) is 6.57. The molecule has 0 aliphatic rings. The molecule has 29 heavy (non-hydrogen) atoms. The maximum absolute atomic E-state index is 12.4. The van der Waals surface area contributed by atoms with E-state index in [-0.39, 0.29) is 31.6 Å². The lowest BCUT2D eigenvalue weighted by Gasteiger charge is -2.15. The van der Waals surface area contributed by atoms with Gasteiger partial charge in [0.1, 0.15) is 10.3 Å². The lowest BCUT2D eigenvalue weighted by molar-refractivity contribution is -0.145. The lowest BCUT2D eigenvalue weighted by Crippen LogP contribution is -2.22. The topological polar surface area (TPSA) is 106 Å². The van der Waals surface area contributed by atoms with Crippen molar-refractivity contribution in [3.63, 3.8) is 0 Å². The van der Waals surface area contributed by atoms with E-state index in [0.29, 0.717) is 38.9 Å². The van der Waals surface area contributed by atoms with Gasteiger partial charge in [-0.3, -0.25) is 9.59 Å². The number of carbonyl (C=O) groups is 2. The third-order valence-corrected chi connectivity index (χ3v) is 6.54. The number of ether oxygens (including phenoxy) is 2. The Morgan fingerprint density at radius 1 is 0.966 bits per heavy atom. The second kappa shape index (κ2) is 17.6. The highest BCUT2D eigenvalue weighted by molar-refractivity contribution is 8.77. The molecule has 7 nitrogen and oxygen atoms in total. The summed E-state index contributed by atoms with van der Waals surface area (Å²) < 4.78 is 10.5. The predicted molar refractivity (Wildman–Crippen MR) is 114 cm³/mol. The molecule has 1 aromatic rings. The number of rotatable bonds is 17. The van der Waals surface area contributed by atoms with Crippen molar-refractivity contribution in [2.24, 2.45) is 0 Å². The van der Waals surface area contributed by atoms with Crippen LogP contribution in [0, 0.1) is 0 Å². The maximum Gasteiger partial charge on any atom is 0.319 e. The van der Waals surface area contributed by atoms with Gasteiger partial charge in [0.05, 0.1) is 13.2 Å². The van der Waals surface area contributed by atoms with Crippen molar-refractivity contribution < 1.29 is 29.3 Å². The standard InChI is InChI=1S/C20H31NO6S2/c22-13-5-1-7-15-26-19(24)11-10-17(20(25)27-16-8-2-6-14-23)28-29-18-9-3-4-12-21-18/h3-4,9,12,17,22-23H,1-2,5-8,10-11,13-16H2. The van der Waals surface area contributed by atoms with E-state index in [4.69, 9.17) is 19.7 Å². The minimum Gasteiger partial charge on any atom is -0.466 e. The Labute approximate surface area is 180 Å². The van der Waals surface area contributed by atoms with Crippen LogP contribution in [0.15, 0.2) is 29.4 Å². The summed E-state index contributed by atoms with van der Waals surface area (Å²) in [4.78, 5) is 28.6. The molecule has 0 aliphatic carbocycles. The van der Waals surface area contributed by atoms with Gasteiger partial charge >= 0.3 is 11.9 Å². The molecule has 0 radical (unpaired) electrons. The van der Waals surface area contributed by atoms with Crippen molar-refractivity contribution in [1.82, 2.24) is 4.98 Å². The SMILES string of the molecule is O=C(CCC(SSc1ccccn1)C(=O)OCCCCCO)OCCCCCO. The van der Waals surface area contributed by atoms with E-state index in [0.717, 1.165) is 24.3 Å². The first-order chi connectivity index (χ1) is 14.2. The summed E-state index contributed by atoms with van der Waals surface area (Å²) in [5.74, 6) is -0.684. The summed E-state index contributed by atoms with van der Waals surface area (Å²) in [6, 6.07) is 5.55. The number of esters is 2. The van der Waals surface area contributed by atoms with Gasteiger partial charge in [-0.25, -0.2) is 4.98 Å². The van der Waals surface area contributed by atoms with Crippen LogP contribution in [0.25, 0.3) is 0 Å². The smallest absolute Gasteiger partial charge is 0.319 e. The number of aliphatic hydroxyl groups is 2. The van der Waals surface area contributed by atoms with Gasteiger partial charge in [-0.2, -0.15) is 0 Å². The zero-order chi connectivity index (χ0) is 21.2. The molecule has 1 rings (SSSR count). The Hall–Kier alpha value is -1.29. The quantitative estimate of drug-likeness (QED) is 0.212. The van der Waals surface area contributed by atoms with E-state index in [1.165, 1.54) is 21.6 Å². The fourth-order valence-electron chi connectivity index (χ4n) is 2.26. The zero-order valence-electron chi connectivity index (χ0n) is 16.7. The summed E-state index contributed by atoms with van der Waals surface area (Å²) in [6.45, 7) is 0.909. The van der Waals surface area contributed by atoms with E-state index < -0.39 is 5.25 Å². The van der Waals surface area contributed by atoms with Gasteiger partial charge in [0.15, 0.2) is 0 Å². The summed E-state index contributed by atoms with van der Waals surface area (Å²) in [5.41, 5.74) is 0. The number of aromatic nitrogens is 1. The molecule has 0 aliphatic heterocycles. The first-order valence-electron chi connectivity index (χ1n) is 9.95. The molecule has 0 saturated heterocycles. The molecule has 1 heterocycles.